The van der Waals surface area contributed by atoms with E-state index in [0.29, 0.717) is 0 Å². The van der Waals surface area contributed by atoms with Gasteiger partial charge in [0.15, 0.2) is 0 Å². The Morgan fingerprint density at radius 3 is 2.25 bits per heavy atom. The summed E-state index contributed by atoms with van der Waals surface area (Å²) in [6.07, 6.45) is 14.4. The normalized spacial score (nSPS) is 10.5. The van der Waals surface area contributed by atoms with Gasteiger partial charge in [-0.05, 0) is 6.42 Å². The summed E-state index contributed by atoms with van der Waals surface area (Å²) in [6.45, 7) is 6.08. The van der Waals surface area contributed by atoms with Gasteiger partial charge in [0, 0.05) is 0 Å². The molecule has 0 aromatic rings. The lowest BCUT2D eigenvalue weighted by Gasteiger charge is -1.99. The zero-order valence-electron chi connectivity index (χ0n) is 8.65. The zero-order valence-corrected chi connectivity index (χ0v) is 8.65. The molecule has 72 valence electrons. The molecule has 0 rings (SSSR count). The van der Waals surface area contributed by atoms with Gasteiger partial charge in [-0.1, -0.05) is 71.6 Å². The minimum absolute atomic E-state index is 1.07. The Kier molecular flexibility index (Phi) is 11.0. The second-order valence-corrected chi connectivity index (χ2v) is 3.49. The first kappa shape index (κ1) is 12.0. The second-order valence-electron chi connectivity index (χ2n) is 3.49. The van der Waals surface area contributed by atoms with Crippen molar-refractivity contribution in [3.05, 3.63) is 13.3 Å². The van der Waals surface area contributed by atoms with Crippen LogP contribution in [0.15, 0.2) is 0 Å². The van der Waals surface area contributed by atoms with Crippen molar-refractivity contribution in [3.63, 3.8) is 0 Å². The molecule has 0 fully saturated rings. The maximum absolute atomic E-state index is 3.81. The van der Waals surface area contributed by atoms with E-state index in [1.54, 1.807) is 0 Å². The molecule has 0 aliphatic heterocycles. The molecule has 12 heavy (non-hydrogen) atoms. The van der Waals surface area contributed by atoms with Crippen LogP contribution in [0.5, 0.6) is 0 Å². The van der Waals surface area contributed by atoms with Gasteiger partial charge in [-0.15, -0.1) is 0 Å². The van der Waals surface area contributed by atoms with Crippen molar-refractivity contribution in [2.24, 2.45) is 0 Å². The highest BCUT2D eigenvalue weighted by Gasteiger charge is 1.90. The Morgan fingerprint density at radius 2 is 1.58 bits per heavy atom. The van der Waals surface area contributed by atoms with E-state index in [2.05, 4.69) is 20.3 Å². The van der Waals surface area contributed by atoms with Crippen molar-refractivity contribution >= 4 is 0 Å². The Bertz CT molecular complexity index is 56.4. The topological polar surface area (TPSA) is 0 Å². The van der Waals surface area contributed by atoms with Gasteiger partial charge in [0.2, 0.25) is 0 Å². The fraction of sp³-hybridized carbons (Fsp3) is 0.833. The van der Waals surface area contributed by atoms with Crippen LogP contribution >= 0.6 is 0 Å². The van der Waals surface area contributed by atoms with E-state index in [4.69, 9.17) is 0 Å². The maximum atomic E-state index is 3.81. The standard InChI is InChI=1S/C12H24/c1-3-5-7-9-11-12-10-8-6-4-2/h7H,1,3-6,8-12H2,2H3. The zero-order chi connectivity index (χ0) is 9.07. The summed E-state index contributed by atoms with van der Waals surface area (Å²) in [4.78, 5) is 0. The third-order valence-corrected chi connectivity index (χ3v) is 2.17. The summed E-state index contributed by atoms with van der Waals surface area (Å²) >= 11 is 0. The highest BCUT2D eigenvalue weighted by Crippen LogP contribution is 2.09. The van der Waals surface area contributed by atoms with Crippen LogP contribution in [-0.4, -0.2) is 0 Å². The van der Waals surface area contributed by atoms with Crippen LogP contribution in [-0.2, 0) is 0 Å². The third kappa shape index (κ3) is 10.0. The lowest BCUT2D eigenvalue weighted by Crippen LogP contribution is -1.80. The van der Waals surface area contributed by atoms with Crippen molar-refractivity contribution in [1.29, 1.82) is 0 Å². The summed E-state index contributed by atoms with van der Waals surface area (Å²) < 4.78 is 0. The monoisotopic (exact) mass is 168 g/mol. The van der Waals surface area contributed by atoms with Gasteiger partial charge in [0.1, 0.15) is 0 Å². The third-order valence-electron chi connectivity index (χ3n) is 2.17. The molecular formula is C12H24. The van der Waals surface area contributed by atoms with Gasteiger partial charge >= 0.3 is 0 Å². The Hall–Kier alpha value is 0. The van der Waals surface area contributed by atoms with E-state index in [0.717, 1.165) is 6.42 Å². The lowest BCUT2D eigenvalue weighted by molar-refractivity contribution is 0.601. The average Bonchev–Trinajstić information content (AvgIpc) is 2.10. The largest absolute Gasteiger partial charge is 0.0654 e. The molecule has 0 amide bonds. The van der Waals surface area contributed by atoms with Gasteiger partial charge < -0.3 is 0 Å². The van der Waals surface area contributed by atoms with Crippen LogP contribution in [0.1, 0.15) is 64.7 Å². The second kappa shape index (κ2) is 11.0. The van der Waals surface area contributed by atoms with Crippen LogP contribution in [0.25, 0.3) is 0 Å². The van der Waals surface area contributed by atoms with E-state index in [-0.39, 0.29) is 0 Å². The van der Waals surface area contributed by atoms with Crippen molar-refractivity contribution in [3.8, 4) is 0 Å². The highest BCUT2D eigenvalue weighted by molar-refractivity contribution is 4.64. The summed E-state index contributed by atoms with van der Waals surface area (Å²) in [5.41, 5.74) is 0. The fourth-order valence-electron chi connectivity index (χ4n) is 1.36. The molecule has 0 unspecified atom stereocenters. The molecule has 0 heterocycles. The minimum Gasteiger partial charge on any atom is -0.0654 e. The van der Waals surface area contributed by atoms with E-state index < -0.39 is 0 Å². The molecule has 0 spiro atoms. The maximum Gasteiger partial charge on any atom is -0.0386 e. The van der Waals surface area contributed by atoms with Gasteiger partial charge in [-0.3, -0.25) is 0 Å². The molecule has 0 N–H and O–H groups in total. The first-order valence-corrected chi connectivity index (χ1v) is 5.52. The van der Waals surface area contributed by atoms with Crippen LogP contribution in [0.2, 0.25) is 0 Å². The van der Waals surface area contributed by atoms with E-state index in [9.17, 15) is 0 Å². The molecule has 0 aliphatic rings. The van der Waals surface area contributed by atoms with Crippen molar-refractivity contribution in [1.82, 2.24) is 0 Å². The first-order valence-electron chi connectivity index (χ1n) is 5.52. The molecule has 0 saturated carbocycles. The lowest BCUT2D eigenvalue weighted by atomic mass is 10.1. The summed E-state index contributed by atoms with van der Waals surface area (Å²) in [7, 11) is 0. The van der Waals surface area contributed by atoms with Gasteiger partial charge in [0.05, 0.1) is 0 Å². The van der Waals surface area contributed by atoms with Crippen molar-refractivity contribution in [2.45, 2.75) is 64.7 Å². The highest BCUT2D eigenvalue weighted by atomic mass is 14.0. The van der Waals surface area contributed by atoms with Crippen molar-refractivity contribution in [2.75, 3.05) is 0 Å². The molecule has 0 aliphatic carbocycles. The summed E-state index contributed by atoms with van der Waals surface area (Å²) in [5.74, 6) is 0. The number of hydrogen-bond acceptors (Lipinski definition) is 0. The quantitative estimate of drug-likeness (QED) is 0.443. The molecular weight excluding hydrogens is 144 g/mol. The van der Waals surface area contributed by atoms with Gasteiger partial charge in [-0.25, -0.2) is 0 Å². The van der Waals surface area contributed by atoms with E-state index in [1.165, 1.54) is 51.4 Å². The van der Waals surface area contributed by atoms with Crippen LogP contribution < -0.4 is 0 Å². The van der Waals surface area contributed by atoms with Gasteiger partial charge in [0.25, 0.3) is 0 Å². The molecule has 0 nitrogen and oxygen atoms in total. The van der Waals surface area contributed by atoms with Crippen molar-refractivity contribution < 1.29 is 0 Å². The minimum atomic E-state index is 1.07. The molecule has 0 heteroatoms. The summed E-state index contributed by atoms with van der Waals surface area (Å²) in [6, 6.07) is 0. The van der Waals surface area contributed by atoms with Crippen LogP contribution in [0.3, 0.4) is 0 Å². The molecule has 0 saturated heterocycles. The fourth-order valence-corrected chi connectivity index (χ4v) is 1.36. The number of unbranched alkanes of at least 4 members (excludes halogenated alkanes) is 9. The molecule has 0 aromatic heterocycles. The van der Waals surface area contributed by atoms with E-state index >= 15 is 0 Å². The molecule has 0 bridgehead atoms. The van der Waals surface area contributed by atoms with E-state index in [1.807, 2.05) is 0 Å². The molecule has 2 radical (unpaired) electrons. The van der Waals surface area contributed by atoms with Crippen LogP contribution in [0, 0.1) is 13.3 Å². The Morgan fingerprint density at radius 1 is 0.917 bits per heavy atom. The predicted molar refractivity (Wildman–Crippen MR) is 56.9 cm³/mol. The number of rotatable bonds is 9. The molecule has 0 aromatic carbocycles. The SMILES string of the molecule is [CH2]CC[CH]CCCCCCCC. The average molecular weight is 168 g/mol. The summed E-state index contributed by atoms with van der Waals surface area (Å²) in [5, 5.41) is 0. The van der Waals surface area contributed by atoms with Crippen LogP contribution in [0.4, 0.5) is 0 Å². The number of hydrogen-bond donors (Lipinski definition) is 0. The molecule has 0 atom stereocenters. The Labute approximate surface area is 78.8 Å². The first-order chi connectivity index (χ1) is 5.91. The smallest absolute Gasteiger partial charge is 0.0386 e. The van der Waals surface area contributed by atoms with Gasteiger partial charge in [-0.2, -0.15) is 0 Å². The Balaban J connectivity index is 2.73. The predicted octanol–water partition coefficient (Wildman–Crippen LogP) is 4.56.